The first kappa shape index (κ1) is 16.1. The molecule has 0 aliphatic carbocycles. The highest BCUT2D eigenvalue weighted by Crippen LogP contribution is 2.31. The Hall–Kier alpha value is -3.41. The Labute approximate surface area is 148 Å². The number of nitrogens with zero attached hydrogens (tertiary/aromatic N) is 1. The fraction of sp³-hybridized carbons (Fsp3) is 0.100. The van der Waals surface area contributed by atoms with E-state index in [9.17, 15) is 19.1 Å². The number of carboxylic acid groups (broad SMARTS) is 1. The maximum absolute atomic E-state index is 13.1. The number of rotatable bonds is 2. The van der Waals surface area contributed by atoms with Gasteiger partial charge in [-0.05, 0) is 42.3 Å². The molecular weight excluding hydrogens is 335 g/mol. The van der Waals surface area contributed by atoms with Crippen molar-refractivity contribution in [2.75, 3.05) is 6.54 Å². The Morgan fingerprint density at radius 2 is 1.81 bits per heavy atom. The van der Waals surface area contributed by atoms with Gasteiger partial charge in [0.25, 0.3) is 5.91 Å². The predicted octanol–water partition coefficient (Wildman–Crippen LogP) is 3.43. The number of hydrogen-bond donors (Lipinski definition) is 2. The van der Waals surface area contributed by atoms with E-state index in [-0.39, 0.29) is 11.5 Å². The number of nitrogens with one attached hydrogen (secondary N) is 1. The number of carbonyl (C=O) groups is 2. The molecule has 2 heterocycles. The molecule has 2 N–H and O–H groups in total. The number of aromatic nitrogens is 1. The zero-order valence-corrected chi connectivity index (χ0v) is 13.7. The molecule has 130 valence electrons. The Morgan fingerprint density at radius 3 is 2.54 bits per heavy atom. The minimum Gasteiger partial charge on any atom is -0.478 e. The molecular formula is C20H15FN2O3. The number of H-pyrrole nitrogens is 1. The van der Waals surface area contributed by atoms with Crippen molar-refractivity contribution in [3.05, 3.63) is 77.4 Å². The van der Waals surface area contributed by atoms with Gasteiger partial charge in [0.05, 0.1) is 11.3 Å². The van der Waals surface area contributed by atoms with Crippen molar-refractivity contribution in [1.82, 2.24) is 9.88 Å². The van der Waals surface area contributed by atoms with Crippen molar-refractivity contribution in [1.29, 1.82) is 0 Å². The maximum Gasteiger partial charge on any atom is 0.339 e. The molecule has 0 spiro atoms. The average Bonchev–Trinajstić information content (AvgIpc) is 2.89. The number of carbonyl (C=O) groups excluding carboxylic acids is 1. The molecule has 3 aromatic rings. The van der Waals surface area contributed by atoms with Crippen LogP contribution >= 0.6 is 0 Å². The fourth-order valence-electron chi connectivity index (χ4n) is 3.29. The standard InChI is InChI=1S/C20H15FN2O3/c21-13-7-5-12(6-8-13)19(24)23-10-9-15-14-3-1-2-4-17(14)22-18(15)16(11-23)20(25)26/h1-8,11,22H,9-10H2,(H,25,26). The summed E-state index contributed by atoms with van der Waals surface area (Å²) in [6.07, 6.45) is 1.87. The van der Waals surface area contributed by atoms with Gasteiger partial charge >= 0.3 is 5.97 Å². The van der Waals surface area contributed by atoms with Crippen LogP contribution in [0.1, 0.15) is 21.6 Å². The number of benzene rings is 2. The molecule has 0 radical (unpaired) electrons. The smallest absolute Gasteiger partial charge is 0.339 e. The van der Waals surface area contributed by atoms with Gasteiger partial charge in [0.15, 0.2) is 0 Å². The van der Waals surface area contributed by atoms with E-state index in [1.165, 1.54) is 35.4 Å². The molecule has 4 rings (SSSR count). The van der Waals surface area contributed by atoms with Crippen molar-refractivity contribution < 1.29 is 19.1 Å². The van der Waals surface area contributed by atoms with Crippen molar-refractivity contribution in [3.63, 3.8) is 0 Å². The molecule has 0 saturated heterocycles. The molecule has 1 aliphatic heterocycles. The second-order valence-corrected chi connectivity index (χ2v) is 6.13. The molecule has 0 saturated carbocycles. The van der Waals surface area contributed by atoms with Crippen LogP contribution in [0.25, 0.3) is 16.5 Å². The van der Waals surface area contributed by atoms with E-state index in [0.717, 1.165) is 16.5 Å². The van der Waals surface area contributed by atoms with E-state index in [1.807, 2.05) is 24.3 Å². The number of aromatic amines is 1. The first-order valence-electron chi connectivity index (χ1n) is 8.16. The molecule has 6 heteroatoms. The molecule has 0 atom stereocenters. The van der Waals surface area contributed by atoms with Gasteiger partial charge in [0.1, 0.15) is 5.82 Å². The zero-order valence-electron chi connectivity index (χ0n) is 13.7. The highest BCUT2D eigenvalue weighted by molar-refractivity contribution is 6.17. The topological polar surface area (TPSA) is 73.4 Å². The van der Waals surface area contributed by atoms with Crippen LogP contribution in [0.2, 0.25) is 0 Å². The lowest BCUT2D eigenvalue weighted by Gasteiger charge is -2.17. The number of carboxylic acids is 1. The van der Waals surface area contributed by atoms with Gasteiger partial charge in [0.2, 0.25) is 0 Å². The van der Waals surface area contributed by atoms with Crippen molar-refractivity contribution in [2.24, 2.45) is 0 Å². The van der Waals surface area contributed by atoms with Crippen LogP contribution in [0, 0.1) is 5.82 Å². The van der Waals surface area contributed by atoms with Crippen LogP contribution in [0.15, 0.2) is 54.7 Å². The van der Waals surface area contributed by atoms with Gasteiger partial charge < -0.3 is 15.0 Å². The minimum atomic E-state index is -1.11. The minimum absolute atomic E-state index is 0.0316. The van der Waals surface area contributed by atoms with E-state index in [1.54, 1.807) is 0 Å². The summed E-state index contributed by atoms with van der Waals surface area (Å²) in [5.74, 6) is -1.91. The van der Waals surface area contributed by atoms with Crippen LogP contribution in [-0.4, -0.2) is 33.4 Å². The quantitative estimate of drug-likeness (QED) is 0.744. The Balaban J connectivity index is 1.78. The summed E-state index contributed by atoms with van der Waals surface area (Å²) in [7, 11) is 0. The highest BCUT2D eigenvalue weighted by atomic mass is 19.1. The second kappa shape index (κ2) is 6.15. The van der Waals surface area contributed by atoms with Crippen LogP contribution < -0.4 is 0 Å². The molecule has 1 amide bonds. The van der Waals surface area contributed by atoms with Crippen LogP contribution in [0.4, 0.5) is 4.39 Å². The molecule has 1 aliphatic rings. The summed E-state index contributed by atoms with van der Waals surface area (Å²) in [5, 5.41) is 10.6. The molecule has 0 bridgehead atoms. The zero-order chi connectivity index (χ0) is 18.3. The summed E-state index contributed by atoms with van der Waals surface area (Å²) < 4.78 is 13.1. The van der Waals surface area contributed by atoms with Crippen molar-refractivity contribution in [3.8, 4) is 0 Å². The molecule has 2 aromatic carbocycles. The van der Waals surface area contributed by atoms with E-state index >= 15 is 0 Å². The SMILES string of the molecule is O=C(O)C1=CN(C(=O)c2ccc(F)cc2)CCc2c1[nH]c1ccccc21. The van der Waals surface area contributed by atoms with E-state index < -0.39 is 11.8 Å². The number of fused-ring (bicyclic) bond motifs is 3. The molecule has 0 unspecified atom stereocenters. The third kappa shape index (κ3) is 2.65. The monoisotopic (exact) mass is 350 g/mol. The number of halogens is 1. The van der Waals surface area contributed by atoms with Gasteiger partial charge in [-0.2, -0.15) is 0 Å². The highest BCUT2D eigenvalue weighted by Gasteiger charge is 2.26. The van der Waals surface area contributed by atoms with Gasteiger partial charge in [-0.25, -0.2) is 9.18 Å². The van der Waals surface area contributed by atoms with Crippen molar-refractivity contribution >= 4 is 28.4 Å². The lowest BCUT2D eigenvalue weighted by atomic mass is 10.0. The normalized spacial score (nSPS) is 13.9. The predicted molar refractivity (Wildman–Crippen MR) is 95.1 cm³/mol. The van der Waals surface area contributed by atoms with E-state index in [0.29, 0.717) is 24.2 Å². The molecule has 0 fully saturated rings. The molecule has 1 aromatic heterocycles. The Morgan fingerprint density at radius 1 is 1.08 bits per heavy atom. The number of amides is 1. The molecule has 5 nitrogen and oxygen atoms in total. The van der Waals surface area contributed by atoms with Crippen molar-refractivity contribution in [2.45, 2.75) is 6.42 Å². The number of aliphatic carboxylic acids is 1. The van der Waals surface area contributed by atoms with E-state index in [4.69, 9.17) is 0 Å². The van der Waals surface area contributed by atoms with Gasteiger partial charge in [-0.15, -0.1) is 0 Å². The largest absolute Gasteiger partial charge is 0.478 e. The number of hydrogen-bond acceptors (Lipinski definition) is 2. The Kier molecular flexibility index (Phi) is 3.80. The van der Waals surface area contributed by atoms with Gasteiger partial charge in [-0.1, -0.05) is 18.2 Å². The van der Waals surface area contributed by atoms with Crippen LogP contribution in [0.3, 0.4) is 0 Å². The van der Waals surface area contributed by atoms with Crippen LogP contribution in [0.5, 0.6) is 0 Å². The maximum atomic E-state index is 13.1. The third-order valence-corrected chi connectivity index (χ3v) is 4.55. The van der Waals surface area contributed by atoms with E-state index in [2.05, 4.69) is 4.98 Å². The summed E-state index contributed by atoms with van der Waals surface area (Å²) in [6.45, 7) is 0.335. The summed E-state index contributed by atoms with van der Waals surface area (Å²) in [6, 6.07) is 12.8. The number of para-hydroxylation sites is 1. The fourth-order valence-corrected chi connectivity index (χ4v) is 3.29. The Bertz CT molecular complexity index is 1050. The summed E-state index contributed by atoms with van der Waals surface area (Å²) >= 11 is 0. The van der Waals surface area contributed by atoms with Gasteiger partial charge in [0, 0.05) is 29.2 Å². The summed E-state index contributed by atoms with van der Waals surface area (Å²) in [5.41, 5.74) is 2.60. The third-order valence-electron chi connectivity index (χ3n) is 4.55. The first-order valence-corrected chi connectivity index (χ1v) is 8.16. The summed E-state index contributed by atoms with van der Waals surface area (Å²) in [4.78, 5) is 29.1. The second-order valence-electron chi connectivity index (χ2n) is 6.13. The van der Waals surface area contributed by atoms with Crippen LogP contribution in [-0.2, 0) is 11.2 Å². The average molecular weight is 350 g/mol. The lowest BCUT2D eigenvalue weighted by molar-refractivity contribution is -0.130. The lowest BCUT2D eigenvalue weighted by Crippen LogP contribution is -2.27. The first-order chi connectivity index (χ1) is 12.5. The molecule has 26 heavy (non-hydrogen) atoms. The van der Waals surface area contributed by atoms with Gasteiger partial charge in [-0.3, -0.25) is 4.79 Å².